The Morgan fingerprint density at radius 3 is 1.97 bits per heavy atom. The first-order valence-corrected chi connectivity index (χ1v) is 12.9. The molecule has 3 aromatic carbocycles. The van der Waals surface area contributed by atoms with Crippen molar-refractivity contribution >= 4 is 43.3 Å². The molecule has 29 heavy (non-hydrogen) atoms. The van der Waals surface area contributed by atoms with Crippen LogP contribution in [-0.2, 0) is 5.41 Å². The van der Waals surface area contributed by atoms with Gasteiger partial charge in [-0.25, -0.2) is 10.0 Å². The molecule has 0 bridgehead atoms. The fourth-order valence-corrected chi connectivity index (χ4v) is 5.25. The molecule has 4 aromatic rings. The molecule has 0 N–H and O–H groups in total. The highest BCUT2D eigenvalue weighted by atomic mass is 32.3. The van der Waals surface area contributed by atoms with Gasteiger partial charge in [0.15, 0.2) is 5.58 Å². The van der Waals surface area contributed by atoms with Gasteiger partial charge in [0.1, 0.15) is 5.58 Å². The summed E-state index contributed by atoms with van der Waals surface area (Å²) in [6.45, 7) is 6.79. The molecule has 3 heteroatoms. The molecule has 0 radical (unpaired) electrons. The highest BCUT2D eigenvalue weighted by Crippen LogP contribution is 2.51. The summed E-state index contributed by atoms with van der Waals surface area (Å²) in [5, 5.41) is 2.39. The minimum atomic E-state index is -0.896. The number of rotatable bonds is 3. The summed E-state index contributed by atoms with van der Waals surface area (Å²) in [6.07, 6.45) is 6.96. The first-order chi connectivity index (χ1) is 13.6. The Hall–Kier alpha value is -2.39. The largest absolute Gasteiger partial charge is 0.453 e. The number of hydrogen-bond donors (Lipinski definition) is 0. The second-order valence-electron chi connectivity index (χ2n) is 9.55. The summed E-state index contributed by atoms with van der Waals surface area (Å²) in [5.41, 5.74) is 5.71. The fraction of sp³-hybridized carbons (Fsp3) is 0.308. The van der Waals surface area contributed by atoms with E-state index in [1.807, 2.05) is 0 Å². The van der Waals surface area contributed by atoms with E-state index in [9.17, 15) is 0 Å². The normalized spacial score (nSPS) is 13.2. The molecule has 152 valence electrons. The molecule has 0 aliphatic rings. The number of fused-ring (bicyclic) bond motifs is 3. The van der Waals surface area contributed by atoms with Crippen LogP contribution in [0.15, 0.2) is 70.0 Å². The lowest BCUT2D eigenvalue weighted by Gasteiger charge is -2.29. The smallest absolute Gasteiger partial charge is 0.159 e. The SMILES string of the molecule is CN(c1ccccc1C(C)(C)C)c1cccc2c1oc1c(S(C)(C)C)cccc12. The van der Waals surface area contributed by atoms with Crippen LogP contribution in [0.2, 0.25) is 0 Å². The van der Waals surface area contributed by atoms with E-state index in [0.29, 0.717) is 0 Å². The van der Waals surface area contributed by atoms with E-state index >= 15 is 0 Å². The minimum Gasteiger partial charge on any atom is -0.453 e. The van der Waals surface area contributed by atoms with Crippen LogP contribution < -0.4 is 4.90 Å². The van der Waals surface area contributed by atoms with E-state index in [0.717, 1.165) is 16.9 Å². The standard InChI is InChI=1S/C26H31NOS/c1-26(2,3)20-14-8-9-15-21(20)27(4)22-16-10-12-18-19-13-11-17-23(29(5,6)7)25(19)28-24(18)22/h8-17H,1-7H3. The first-order valence-electron chi connectivity index (χ1n) is 10.0. The molecule has 0 aliphatic carbocycles. The highest BCUT2D eigenvalue weighted by molar-refractivity contribution is 8.32. The Bertz CT molecular complexity index is 1190. The van der Waals surface area contributed by atoms with Gasteiger partial charge in [-0.3, -0.25) is 0 Å². The van der Waals surface area contributed by atoms with Crippen molar-refractivity contribution < 1.29 is 4.42 Å². The predicted molar refractivity (Wildman–Crippen MR) is 131 cm³/mol. The summed E-state index contributed by atoms with van der Waals surface area (Å²) < 4.78 is 6.59. The number of para-hydroxylation sites is 3. The van der Waals surface area contributed by atoms with E-state index in [2.05, 4.69) is 112 Å². The second-order valence-corrected chi connectivity index (χ2v) is 13.7. The van der Waals surface area contributed by atoms with Gasteiger partial charge in [-0.05, 0) is 47.9 Å². The van der Waals surface area contributed by atoms with Crippen LogP contribution in [0.3, 0.4) is 0 Å². The van der Waals surface area contributed by atoms with Crippen LogP contribution in [0.4, 0.5) is 11.4 Å². The zero-order valence-corrected chi connectivity index (χ0v) is 19.4. The zero-order valence-electron chi connectivity index (χ0n) is 18.5. The second kappa shape index (κ2) is 6.84. The lowest BCUT2D eigenvalue weighted by atomic mass is 9.85. The van der Waals surface area contributed by atoms with Crippen molar-refractivity contribution in [1.82, 2.24) is 0 Å². The molecule has 0 aliphatic heterocycles. The van der Waals surface area contributed by atoms with Crippen LogP contribution in [0.25, 0.3) is 21.9 Å². The monoisotopic (exact) mass is 405 g/mol. The number of hydrogen-bond acceptors (Lipinski definition) is 2. The Kier molecular flexibility index (Phi) is 4.70. The molecule has 0 saturated carbocycles. The molecule has 4 rings (SSSR count). The van der Waals surface area contributed by atoms with Gasteiger partial charge in [-0.15, -0.1) is 0 Å². The van der Waals surface area contributed by atoms with E-state index in [-0.39, 0.29) is 5.41 Å². The predicted octanol–water partition coefficient (Wildman–Crippen LogP) is 7.70. The van der Waals surface area contributed by atoms with Crippen molar-refractivity contribution in [3.8, 4) is 0 Å². The molecule has 1 aromatic heterocycles. The molecular weight excluding hydrogens is 374 g/mol. The Labute approximate surface area is 175 Å². The van der Waals surface area contributed by atoms with Crippen molar-refractivity contribution in [2.24, 2.45) is 0 Å². The van der Waals surface area contributed by atoms with Gasteiger partial charge in [0, 0.05) is 28.4 Å². The van der Waals surface area contributed by atoms with Gasteiger partial charge >= 0.3 is 0 Å². The van der Waals surface area contributed by atoms with Crippen molar-refractivity contribution in [3.63, 3.8) is 0 Å². The average Bonchev–Trinajstić information content (AvgIpc) is 3.04. The van der Waals surface area contributed by atoms with Crippen LogP contribution in [0, 0.1) is 0 Å². The molecule has 0 atom stereocenters. The number of furan rings is 1. The maximum atomic E-state index is 6.59. The molecule has 0 amide bonds. The minimum absolute atomic E-state index is 0.0649. The number of nitrogens with zero attached hydrogens (tertiary/aromatic N) is 1. The molecule has 0 unspecified atom stereocenters. The summed E-state index contributed by atoms with van der Waals surface area (Å²) in [6, 6.07) is 21.7. The third-order valence-electron chi connectivity index (χ3n) is 5.56. The van der Waals surface area contributed by atoms with Crippen molar-refractivity contribution in [1.29, 1.82) is 0 Å². The van der Waals surface area contributed by atoms with Crippen LogP contribution >= 0.6 is 10.0 Å². The van der Waals surface area contributed by atoms with Gasteiger partial charge in [0.05, 0.1) is 5.69 Å². The molecule has 0 fully saturated rings. The average molecular weight is 406 g/mol. The third-order valence-corrected chi connectivity index (χ3v) is 7.20. The maximum Gasteiger partial charge on any atom is 0.159 e. The van der Waals surface area contributed by atoms with E-state index in [4.69, 9.17) is 4.42 Å². The molecule has 0 saturated heterocycles. The Balaban J connectivity index is 1.97. The Morgan fingerprint density at radius 1 is 0.724 bits per heavy atom. The zero-order chi connectivity index (χ0) is 21.0. The van der Waals surface area contributed by atoms with Crippen molar-refractivity contribution in [2.45, 2.75) is 31.1 Å². The summed E-state index contributed by atoms with van der Waals surface area (Å²) in [5.74, 6) is 0. The molecule has 2 nitrogen and oxygen atoms in total. The molecular formula is C26H31NOS. The maximum absolute atomic E-state index is 6.59. The Morgan fingerprint density at radius 2 is 1.31 bits per heavy atom. The van der Waals surface area contributed by atoms with Crippen LogP contribution in [-0.4, -0.2) is 25.8 Å². The summed E-state index contributed by atoms with van der Waals surface area (Å²) >= 11 is 0. The number of benzene rings is 3. The lowest BCUT2D eigenvalue weighted by Crippen LogP contribution is -2.19. The van der Waals surface area contributed by atoms with Gasteiger partial charge < -0.3 is 9.32 Å². The van der Waals surface area contributed by atoms with Crippen molar-refractivity contribution in [3.05, 3.63) is 66.2 Å². The first kappa shape index (κ1) is 19.9. The number of anilines is 2. The van der Waals surface area contributed by atoms with Crippen molar-refractivity contribution in [2.75, 3.05) is 30.7 Å². The van der Waals surface area contributed by atoms with Gasteiger partial charge in [-0.1, -0.05) is 63.2 Å². The topological polar surface area (TPSA) is 16.4 Å². The van der Waals surface area contributed by atoms with Gasteiger partial charge in [0.25, 0.3) is 0 Å². The quantitative estimate of drug-likeness (QED) is 0.347. The van der Waals surface area contributed by atoms with Gasteiger partial charge in [0.2, 0.25) is 0 Å². The molecule has 0 spiro atoms. The van der Waals surface area contributed by atoms with E-state index in [1.165, 1.54) is 26.9 Å². The van der Waals surface area contributed by atoms with Crippen LogP contribution in [0.5, 0.6) is 0 Å². The van der Waals surface area contributed by atoms with Gasteiger partial charge in [-0.2, -0.15) is 0 Å². The summed E-state index contributed by atoms with van der Waals surface area (Å²) in [7, 11) is 1.25. The third kappa shape index (κ3) is 3.42. The van der Waals surface area contributed by atoms with E-state index < -0.39 is 10.0 Å². The van der Waals surface area contributed by atoms with E-state index in [1.54, 1.807) is 0 Å². The van der Waals surface area contributed by atoms with Crippen LogP contribution in [0.1, 0.15) is 26.3 Å². The fourth-order valence-electron chi connectivity index (χ4n) is 4.06. The summed E-state index contributed by atoms with van der Waals surface area (Å²) in [4.78, 5) is 3.60. The molecule has 1 heterocycles. The highest BCUT2D eigenvalue weighted by Gasteiger charge is 2.23. The lowest BCUT2D eigenvalue weighted by molar-refractivity contribution is 0.590.